The second kappa shape index (κ2) is 6.99. The third-order valence-electron chi connectivity index (χ3n) is 2.60. The number of anilines is 1. The minimum atomic E-state index is -0.514. The zero-order valence-corrected chi connectivity index (χ0v) is 13.7. The van der Waals surface area contributed by atoms with Gasteiger partial charge in [-0.1, -0.05) is 26.1 Å². The zero-order valence-electron chi connectivity index (χ0n) is 11.3. The highest BCUT2D eigenvalue weighted by molar-refractivity contribution is 9.10. The van der Waals surface area contributed by atoms with Crippen molar-refractivity contribution in [1.82, 2.24) is 0 Å². The number of benzene rings is 1. The summed E-state index contributed by atoms with van der Waals surface area (Å²) in [6.07, 6.45) is 0. The predicted molar refractivity (Wildman–Crippen MR) is 86.2 cm³/mol. The van der Waals surface area contributed by atoms with Crippen LogP contribution < -0.4 is 16.4 Å². The second-order valence-electron chi connectivity index (χ2n) is 4.87. The Labute approximate surface area is 131 Å². The van der Waals surface area contributed by atoms with Gasteiger partial charge in [-0.2, -0.15) is 0 Å². The summed E-state index contributed by atoms with van der Waals surface area (Å²) in [6.45, 7) is 4.42. The first-order valence-electron chi connectivity index (χ1n) is 6.05. The molecule has 0 spiro atoms. The van der Waals surface area contributed by atoms with Gasteiger partial charge in [-0.3, -0.25) is 4.79 Å². The Morgan fingerprint density at radius 2 is 2.05 bits per heavy atom. The Hall–Kier alpha value is -1.21. The van der Waals surface area contributed by atoms with Crippen molar-refractivity contribution in [3.63, 3.8) is 0 Å². The molecule has 7 heteroatoms. The molecule has 0 aliphatic heterocycles. The summed E-state index contributed by atoms with van der Waals surface area (Å²) in [7, 11) is 0. The van der Waals surface area contributed by atoms with E-state index in [1.807, 2.05) is 13.8 Å². The quantitative estimate of drug-likeness (QED) is 0.761. The maximum absolute atomic E-state index is 14.4. The molecule has 4 nitrogen and oxygen atoms in total. The maximum atomic E-state index is 14.4. The van der Waals surface area contributed by atoms with Gasteiger partial charge in [0.15, 0.2) is 5.82 Å². The van der Waals surface area contributed by atoms with Crippen LogP contribution in [-0.4, -0.2) is 24.0 Å². The van der Waals surface area contributed by atoms with Crippen molar-refractivity contribution >= 4 is 44.7 Å². The van der Waals surface area contributed by atoms with Crippen molar-refractivity contribution in [2.45, 2.75) is 13.8 Å². The lowest BCUT2D eigenvalue weighted by molar-refractivity contribution is -0.116. The van der Waals surface area contributed by atoms with Gasteiger partial charge in [0, 0.05) is 12.1 Å². The largest absolute Gasteiger partial charge is 0.389 e. The number of carbonyl (C=O) groups is 1. The van der Waals surface area contributed by atoms with Crippen LogP contribution in [0, 0.1) is 11.7 Å². The molecule has 0 heterocycles. The van der Waals surface area contributed by atoms with Crippen LogP contribution in [0.5, 0.6) is 0 Å². The van der Waals surface area contributed by atoms with Crippen molar-refractivity contribution in [2.24, 2.45) is 17.4 Å². The summed E-state index contributed by atoms with van der Waals surface area (Å²) in [5, 5.41) is 0. The van der Waals surface area contributed by atoms with E-state index < -0.39 is 11.7 Å². The van der Waals surface area contributed by atoms with Gasteiger partial charge in [-0.05, 0) is 34.0 Å². The molecule has 0 unspecified atom stereocenters. The molecule has 1 amide bonds. The molecule has 4 N–H and O–H groups in total. The minimum absolute atomic E-state index is 0.0477. The van der Waals surface area contributed by atoms with E-state index in [1.165, 1.54) is 0 Å². The van der Waals surface area contributed by atoms with Crippen LogP contribution >= 0.6 is 28.1 Å². The smallest absolute Gasteiger partial charge is 0.236 e. The molecular formula is C13H17BrFN3OS. The number of amides is 1. The fraction of sp³-hybridized carbons (Fsp3) is 0.385. The van der Waals surface area contributed by atoms with E-state index >= 15 is 0 Å². The molecular weight excluding hydrogens is 345 g/mol. The van der Waals surface area contributed by atoms with Crippen LogP contribution in [0.2, 0.25) is 0 Å². The zero-order chi connectivity index (χ0) is 15.4. The summed E-state index contributed by atoms with van der Waals surface area (Å²) in [5.41, 5.74) is 11.5. The van der Waals surface area contributed by atoms with Crippen LogP contribution in [0.4, 0.5) is 10.1 Å². The molecule has 20 heavy (non-hydrogen) atoms. The highest BCUT2D eigenvalue weighted by Gasteiger charge is 2.19. The number of rotatable bonds is 6. The Kier molecular flexibility index (Phi) is 5.88. The van der Waals surface area contributed by atoms with Crippen LogP contribution in [0.25, 0.3) is 0 Å². The van der Waals surface area contributed by atoms with E-state index in [-0.39, 0.29) is 21.9 Å². The van der Waals surface area contributed by atoms with E-state index in [1.54, 1.807) is 17.0 Å². The summed E-state index contributed by atoms with van der Waals surface area (Å²) in [4.78, 5) is 12.9. The molecule has 0 atom stereocenters. The van der Waals surface area contributed by atoms with Crippen molar-refractivity contribution in [1.29, 1.82) is 0 Å². The van der Waals surface area contributed by atoms with Gasteiger partial charge in [0.1, 0.15) is 4.99 Å². The summed E-state index contributed by atoms with van der Waals surface area (Å²) in [6, 6.07) is 3.18. The third kappa shape index (κ3) is 4.14. The lowest BCUT2D eigenvalue weighted by Crippen LogP contribution is -2.37. The highest BCUT2D eigenvalue weighted by atomic mass is 79.9. The average Bonchev–Trinajstić information content (AvgIpc) is 2.30. The third-order valence-corrected chi connectivity index (χ3v) is 3.60. The number of carbonyl (C=O) groups excluding carboxylic acids is 1. The number of thiocarbonyl (C=S) groups is 1. The molecule has 0 aromatic heterocycles. The summed E-state index contributed by atoms with van der Waals surface area (Å²) in [5.74, 6) is -0.764. The second-order valence-corrected chi connectivity index (χ2v) is 6.10. The van der Waals surface area contributed by atoms with Gasteiger partial charge in [-0.15, -0.1) is 0 Å². The first-order valence-corrected chi connectivity index (χ1v) is 7.25. The van der Waals surface area contributed by atoms with Gasteiger partial charge in [-0.25, -0.2) is 4.39 Å². The molecule has 0 saturated carbocycles. The van der Waals surface area contributed by atoms with E-state index in [0.717, 1.165) is 0 Å². The fourth-order valence-corrected chi connectivity index (χ4v) is 2.70. The number of halogens is 2. The first kappa shape index (κ1) is 16.8. The molecule has 1 aromatic carbocycles. The number of primary amides is 1. The predicted octanol–water partition coefficient (Wildman–Crippen LogP) is 2.17. The number of nitrogens with two attached hydrogens (primary N) is 2. The first-order chi connectivity index (χ1) is 9.23. The van der Waals surface area contributed by atoms with Gasteiger partial charge in [0.2, 0.25) is 5.91 Å². The summed E-state index contributed by atoms with van der Waals surface area (Å²) < 4.78 is 14.6. The molecule has 1 rings (SSSR count). The number of nitrogens with zero attached hydrogens (tertiary/aromatic N) is 1. The van der Waals surface area contributed by atoms with Crippen LogP contribution in [0.15, 0.2) is 16.6 Å². The molecule has 0 aliphatic carbocycles. The summed E-state index contributed by atoms with van der Waals surface area (Å²) >= 11 is 8.00. The molecule has 0 bridgehead atoms. The Morgan fingerprint density at radius 3 is 2.50 bits per heavy atom. The van der Waals surface area contributed by atoms with Crippen molar-refractivity contribution < 1.29 is 9.18 Å². The molecule has 0 saturated heterocycles. The molecule has 110 valence electrons. The fourth-order valence-electron chi connectivity index (χ4n) is 1.85. The Balaban J connectivity index is 3.23. The number of hydrogen-bond acceptors (Lipinski definition) is 3. The standard InChI is InChI=1S/C13H17BrFN3OS/c1-7(2)5-18(6-10(16)19)9-4-3-8(13(17)20)11(14)12(9)15/h3-4,7H,5-6H2,1-2H3,(H2,16,19)(H2,17,20). The molecule has 0 radical (unpaired) electrons. The molecule has 0 fully saturated rings. The average molecular weight is 362 g/mol. The van der Waals surface area contributed by atoms with Crippen LogP contribution in [-0.2, 0) is 4.79 Å². The molecule has 0 aliphatic rings. The lowest BCUT2D eigenvalue weighted by atomic mass is 10.1. The number of hydrogen-bond donors (Lipinski definition) is 2. The van der Waals surface area contributed by atoms with Gasteiger partial charge in [0.05, 0.1) is 16.7 Å². The Morgan fingerprint density at radius 1 is 1.45 bits per heavy atom. The van der Waals surface area contributed by atoms with E-state index in [2.05, 4.69) is 15.9 Å². The van der Waals surface area contributed by atoms with Gasteiger partial charge in [0.25, 0.3) is 0 Å². The monoisotopic (exact) mass is 361 g/mol. The maximum Gasteiger partial charge on any atom is 0.236 e. The van der Waals surface area contributed by atoms with Crippen molar-refractivity contribution in [3.8, 4) is 0 Å². The van der Waals surface area contributed by atoms with E-state index in [0.29, 0.717) is 17.8 Å². The van der Waals surface area contributed by atoms with E-state index in [9.17, 15) is 9.18 Å². The minimum Gasteiger partial charge on any atom is -0.389 e. The lowest BCUT2D eigenvalue weighted by Gasteiger charge is -2.26. The van der Waals surface area contributed by atoms with Gasteiger partial charge < -0.3 is 16.4 Å². The van der Waals surface area contributed by atoms with Crippen molar-refractivity contribution in [2.75, 3.05) is 18.0 Å². The SMILES string of the molecule is CC(C)CN(CC(N)=O)c1ccc(C(N)=S)c(Br)c1F. The molecule has 1 aromatic rings. The highest BCUT2D eigenvalue weighted by Crippen LogP contribution is 2.30. The van der Waals surface area contributed by atoms with Crippen LogP contribution in [0.3, 0.4) is 0 Å². The van der Waals surface area contributed by atoms with Gasteiger partial charge >= 0.3 is 0 Å². The van der Waals surface area contributed by atoms with Crippen LogP contribution in [0.1, 0.15) is 19.4 Å². The van der Waals surface area contributed by atoms with Crippen molar-refractivity contribution in [3.05, 3.63) is 28.0 Å². The Bertz CT molecular complexity index is 537. The van der Waals surface area contributed by atoms with E-state index in [4.69, 9.17) is 23.7 Å². The topological polar surface area (TPSA) is 72.3 Å². The normalized spacial score (nSPS) is 10.7.